The highest BCUT2D eigenvalue weighted by Gasteiger charge is 2.15. The molecule has 0 aliphatic carbocycles. The van der Waals surface area contributed by atoms with Gasteiger partial charge in [-0.1, -0.05) is 6.92 Å². The highest BCUT2D eigenvalue weighted by atomic mass is 32.2. The summed E-state index contributed by atoms with van der Waals surface area (Å²) >= 11 is 1.63. The number of nitrogens with one attached hydrogen (secondary N) is 1. The lowest BCUT2D eigenvalue weighted by molar-refractivity contribution is 0.0937. The first kappa shape index (κ1) is 13.8. The molecule has 0 aromatic heterocycles. The summed E-state index contributed by atoms with van der Waals surface area (Å²) < 4.78 is 13.0. The molecule has 0 bridgehead atoms. The van der Waals surface area contributed by atoms with Crippen LogP contribution in [0, 0.1) is 5.82 Å². The number of phenolic OH excluding ortho intramolecular Hbond substituents is 1. The van der Waals surface area contributed by atoms with E-state index in [1.165, 1.54) is 6.07 Å². The summed E-state index contributed by atoms with van der Waals surface area (Å²) in [5.41, 5.74) is -0.0236. The number of aromatic hydroxyl groups is 1. The largest absolute Gasteiger partial charge is 0.507 e. The van der Waals surface area contributed by atoms with E-state index in [1.54, 1.807) is 11.8 Å². The summed E-state index contributed by atoms with van der Waals surface area (Å²) in [5, 5.41) is 12.3. The average molecular weight is 257 g/mol. The number of hydrogen-bond acceptors (Lipinski definition) is 3. The smallest absolute Gasteiger partial charge is 0.255 e. The van der Waals surface area contributed by atoms with E-state index in [0.29, 0.717) is 0 Å². The van der Waals surface area contributed by atoms with Gasteiger partial charge in [-0.25, -0.2) is 4.39 Å². The summed E-state index contributed by atoms with van der Waals surface area (Å²) in [5.74, 6) is -0.394. The van der Waals surface area contributed by atoms with Crippen LogP contribution in [0.2, 0.25) is 0 Å². The molecular formula is C12H16FNO2S. The predicted molar refractivity (Wildman–Crippen MR) is 68.0 cm³/mol. The van der Waals surface area contributed by atoms with Crippen LogP contribution in [-0.4, -0.2) is 29.1 Å². The van der Waals surface area contributed by atoms with Crippen molar-refractivity contribution in [1.29, 1.82) is 0 Å². The highest BCUT2D eigenvalue weighted by molar-refractivity contribution is 7.98. The SMILES string of the molecule is CCC(CSC)NC(=O)c1cc(F)ccc1O. The van der Waals surface area contributed by atoms with Crippen molar-refractivity contribution >= 4 is 17.7 Å². The van der Waals surface area contributed by atoms with E-state index in [0.717, 1.165) is 24.3 Å². The molecule has 0 saturated carbocycles. The van der Waals surface area contributed by atoms with Crippen molar-refractivity contribution in [2.24, 2.45) is 0 Å². The number of halogens is 1. The summed E-state index contributed by atoms with van der Waals surface area (Å²) in [6.07, 6.45) is 2.75. The lowest BCUT2D eigenvalue weighted by Gasteiger charge is -2.16. The second kappa shape index (κ2) is 6.49. The lowest BCUT2D eigenvalue weighted by Crippen LogP contribution is -2.36. The van der Waals surface area contributed by atoms with E-state index in [-0.39, 0.29) is 17.4 Å². The van der Waals surface area contributed by atoms with E-state index in [2.05, 4.69) is 5.32 Å². The number of carbonyl (C=O) groups is 1. The third-order valence-corrected chi connectivity index (χ3v) is 3.13. The van der Waals surface area contributed by atoms with Crippen LogP contribution in [-0.2, 0) is 0 Å². The Labute approximate surface area is 104 Å². The monoisotopic (exact) mass is 257 g/mol. The van der Waals surface area contributed by atoms with Gasteiger partial charge in [0.1, 0.15) is 11.6 Å². The Bertz CT molecular complexity index is 398. The molecule has 2 N–H and O–H groups in total. The van der Waals surface area contributed by atoms with Crippen LogP contribution in [0.5, 0.6) is 5.75 Å². The maximum absolute atomic E-state index is 13.0. The predicted octanol–water partition coefficient (Wildman–Crippen LogP) is 2.40. The summed E-state index contributed by atoms with van der Waals surface area (Å²) in [6, 6.07) is 3.36. The number of rotatable bonds is 5. The van der Waals surface area contributed by atoms with E-state index in [4.69, 9.17) is 0 Å². The molecule has 0 radical (unpaired) electrons. The number of carbonyl (C=O) groups excluding carboxylic acids is 1. The van der Waals surface area contributed by atoms with Gasteiger partial charge < -0.3 is 10.4 Å². The Morgan fingerprint density at radius 1 is 1.59 bits per heavy atom. The third-order valence-electron chi connectivity index (χ3n) is 2.40. The van der Waals surface area contributed by atoms with E-state index >= 15 is 0 Å². The zero-order valence-electron chi connectivity index (χ0n) is 9.87. The Hall–Kier alpha value is -1.23. The topological polar surface area (TPSA) is 49.3 Å². The second-order valence-corrected chi connectivity index (χ2v) is 4.61. The van der Waals surface area contributed by atoms with Crippen molar-refractivity contribution < 1.29 is 14.3 Å². The summed E-state index contributed by atoms with van der Waals surface area (Å²) in [6.45, 7) is 1.96. The van der Waals surface area contributed by atoms with Crippen molar-refractivity contribution in [2.45, 2.75) is 19.4 Å². The standard InChI is InChI=1S/C12H16FNO2S/c1-3-9(7-17-2)14-12(16)10-6-8(13)4-5-11(10)15/h4-6,9,15H,3,7H2,1-2H3,(H,14,16). The summed E-state index contributed by atoms with van der Waals surface area (Å²) in [7, 11) is 0. The van der Waals surface area contributed by atoms with Crippen molar-refractivity contribution in [3.8, 4) is 5.75 Å². The molecule has 5 heteroatoms. The molecule has 1 aromatic rings. The molecule has 1 atom stereocenters. The van der Waals surface area contributed by atoms with Crippen LogP contribution in [0.15, 0.2) is 18.2 Å². The van der Waals surface area contributed by atoms with Gasteiger partial charge >= 0.3 is 0 Å². The van der Waals surface area contributed by atoms with Gasteiger partial charge in [0, 0.05) is 11.8 Å². The van der Waals surface area contributed by atoms with Crippen LogP contribution in [0.25, 0.3) is 0 Å². The quantitative estimate of drug-likeness (QED) is 0.851. The average Bonchev–Trinajstić information content (AvgIpc) is 2.31. The molecule has 17 heavy (non-hydrogen) atoms. The first-order chi connectivity index (χ1) is 8.08. The van der Waals surface area contributed by atoms with Gasteiger partial charge in [0.05, 0.1) is 5.56 Å². The van der Waals surface area contributed by atoms with Crippen LogP contribution in [0.4, 0.5) is 4.39 Å². The molecule has 0 spiro atoms. The Balaban J connectivity index is 2.78. The fourth-order valence-corrected chi connectivity index (χ4v) is 2.14. The number of thioether (sulfide) groups is 1. The summed E-state index contributed by atoms with van der Waals surface area (Å²) in [4.78, 5) is 11.8. The Kier molecular flexibility index (Phi) is 5.28. The van der Waals surface area contributed by atoms with Crippen molar-refractivity contribution in [2.75, 3.05) is 12.0 Å². The minimum atomic E-state index is -0.536. The Morgan fingerprint density at radius 3 is 2.88 bits per heavy atom. The van der Waals surface area contributed by atoms with Gasteiger partial charge in [-0.05, 0) is 30.9 Å². The molecule has 1 amide bonds. The van der Waals surface area contributed by atoms with Crippen LogP contribution in [0.3, 0.4) is 0 Å². The number of amides is 1. The second-order valence-electron chi connectivity index (χ2n) is 3.70. The number of hydrogen-bond donors (Lipinski definition) is 2. The molecule has 0 heterocycles. The minimum Gasteiger partial charge on any atom is -0.507 e. The van der Waals surface area contributed by atoms with Gasteiger partial charge in [0.25, 0.3) is 5.91 Å². The fourth-order valence-electron chi connectivity index (χ4n) is 1.42. The van der Waals surface area contributed by atoms with Gasteiger partial charge in [0.15, 0.2) is 0 Å². The first-order valence-corrected chi connectivity index (χ1v) is 6.76. The van der Waals surface area contributed by atoms with Gasteiger partial charge in [0.2, 0.25) is 0 Å². The maximum Gasteiger partial charge on any atom is 0.255 e. The van der Waals surface area contributed by atoms with E-state index < -0.39 is 11.7 Å². The third kappa shape index (κ3) is 3.93. The highest BCUT2D eigenvalue weighted by Crippen LogP contribution is 2.18. The molecule has 1 rings (SSSR count). The van der Waals surface area contributed by atoms with Gasteiger partial charge in [-0.2, -0.15) is 11.8 Å². The molecule has 3 nitrogen and oxygen atoms in total. The first-order valence-electron chi connectivity index (χ1n) is 5.36. The van der Waals surface area contributed by atoms with Crippen LogP contribution < -0.4 is 5.32 Å². The molecule has 1 unspecified atom stereocenters. The zero-order chi connectivity index (χ0) is 12.8. The molecule has 0 fully saturated rings. The molecular weight excluding hydrogens is 241 g/mol. The molecule has 0 aliphatic heterocycles. The normalized spacial score (nSPS) is 12.2. The van der Waals surface area contributed by atoms with Gasteiger partial charge in [-0.15, -0.1) is 0 Å². The van der Waals surface area contributed by atoms with Crippen LogP contribution in [0.1, 0.15) is 23.7 Å². The minimum absolute atomic E-state index is 0.0236. The van der Waals surface area contributed by atoms with Crippen molar-refractivity contribution in [3.63, 3.8) is 0 Å². The van der Waals surface area contributed by atoms with Crippen LogP contribution >= 0.6 is 11.8 Å². The molecule has 0 saturated heterocycles. The van der Waals surface area contributed by atoms with E-state index in [1.807, 2.05) is 13.2 Å². The van der Waals surface area contributed by atoms with Crippen molar-refractivity contribution in [3.05, 3.63) is 29.6 Å². The zero-order valence-corrected chi connectivity index (χ0v) is 10.7. The number of benzene rings is 1. The Morgan fingerprint density at radius 2 is 2.29 bits per heavy atom. The lowest BCUT2D eigenvalue weighted by atomic mass is 10.1. The van der Waals surface area contributed by atoms with Gasteiger partial charge in [-0.3, -0.25) is 4.79 Å². The molecule has 94 valence electrons. The fraction of sp³-hybridized carbons (Fsp3) is 0.417. The molecule has 0 aliphatic rings. The number of phenols is 1. The molecule has 1 aromatic carbocycles. The maximum atomic E-state index is 13.0. The van der Waals surface area contributed by atoms with E-state index in [9.17, 15) is 14.3 Å². The van der Waals surface area contributed by atoms with Crippen molar-refractivity contribution in [1.82, 2.24) is 5.32 Å².